The Labute approximate surface area is 274 Å². The third-order valence-corrected chi connectivity index (χ3v) is 8.64. The monoisotopic (exact) mass is 633 g/mol. The van der Waals surface area contributed by atoms with Gasteiger partial charge in [0.25, 0.3) is 0 Å². The van der Waals surface area contributed by atoms with Crippen LogP contribution in [0.15, 0.2) is 101 Å². The molecule has 0 saturated carbocycles. The molecule has 1 atom stereocenters. The maximum absolute atomic E-state index is 12.5. The van der Waals surface area contributed by atoms with Gasteiger partial charge in [0.05, 0.1) is 18.6 Å². The maximum Gasteiger partial charge on any atom is 0.237 e. The molecule has 1 aromatic rings. The molecule has 45 heavy (non-hydrogen) atoms. The second-order valence-corrected chi connectivity index (χ2v) is 12.4. The summed E-state index contributed by atoms with van der Waals surface area (Å²) in [6.07, 6.45) is 16.3. The van der Waals surface area contributed by atoms with E-state index in [1.165, 1.54) is 11.1 Å². The summed E-state index contributed by atoms with van der Waals surface area (Å²) in [7, 11) is 5.38. The normalized spacial score (nSPS) is 19.1. The van der Waals surface area contributed by atoms with Crippen molar-refractivity contribution in [1.82, 2.24) is 25.4 Å². The smallest absolute Gasteiger partial charge is 0.237 e. The highest BCUT2D eigenvalue weighted by Crippen LogP contribution is 2.29. The van der Waals surface area contributed by atoms with E-state index in [1.54, 1.807) is 24.5 Å². The molecule has 0 spiro atoms. The molecule has 3 heterocycles. The van der Waals surface area contributed by atoms with E-state index in [1.807, 2.05) is 61.8 Å². The number of likely N-dealkylation sites (tertiary alicyclic amines) is 1. The van der Waals surface area contributed by atoms with Gasteiger partial charge in [-0.1, -0.05) is 49.6 Å². The number of allylic oxidation sites excluding steroid dienone is 9. The fraction of sp³-hybridized carbons (Fsp3) is 0.417. The topological polar surface area (TPSA) is 86.8 Å². The zero-order valence-corrected chi connectivity index (χ0v) is 28.8. The molecule has 2 aliphatic rings. The van der Waals surface area contributed by atoms with Crippen LogP contribution in [-0.4, -0.2) is 87.5 Å². The number of nitrogens with one attached hydrogen (secondary N) is 2. The minimum atomic E-state index is -0.450. The first kappa shape index (κ1) is 37.4. The van der Waals surface area contributed by atoms with Gasteiger partial charge in [-0.15, -0.1) is 11.3 Å². The second-order valence-electron chi connectivity index (χ2n) is 11.5. The maximum atomic E-state index is 12.5. The average molecular weight is 634 g/mol. The lowest BCUT2D eigenvalue weighted by Gasteiger charge is -2.28. The van der Waals surface area contributed by atoms with E-state index in [2.05, 4.69) is 60.2 Å². The number of methoxy groups -OCH3 is 1. The van der Waals surface area contributed by atoms with Crippen LogP contribution in [0.5, 0.6) is 0 Å². The lowest BCUT2D eigenvalue weighted by Crippen LogP contribution is -2.42. The lowest BCUT2D eigenvalue weighted by molar-refractivity contribution is -0.132. The van der Waals surface area contributed by atoms with Crippen molar-refractivity contribution in [3.05, 3.63) is 106 Å². The minimum absolute atomic E-state index is 0.128. The first-order valence-corrected chi connectivity index (χ1v) is 16.1. The largest absolute Gasteiger partial charge is 0.392 e. The predicted octanol–water partition coefficient (Wildman–Crippen LogP) is 5.70. The Morgan fingerprint density at radius 3 is 2.40 bits per heavy atom. The first-order chi connectivity index (χ1) is 21.5. The van der Waals surface area contributed by atoms with Crippen LogP contribution in [0.3, 0.4) is 0 Å². The van der Waals surface area contributed by atoms with Gasteiger partial charge in [-0.2, -0.15) is 0 Å². The number of carbonyl (C=O) groups excluding carboxylic acids is 2. The quantitative estimate of drug-likeness (QED) is 0.201. The Hall–Kier alpha value is -3.79. The van der Waals surface area contributed by atoms with Crippen LogP contribution in [0.1, 0.15) is 38.6 Å². The fourth-order valence-corrected chi connectivity index (χ4v) is 5.64. The summed E-state index contributed by atoms with van der Waals surface area (Å²) in [5.41, 5.74) is 6.69. The van der Waals surface area contributed by atoms with Crippen LogP contribution in [0.4, 0.5) is 0 Å². The molecule has 1 aromatic heterocycles. The van der Waals surface area contributed by atoms with E-state index in [-0.39, 0.29) is 5.91 Å². The predicted molar refractivity (Wildman–Crippen MR) is 189 cm³/mol. The molecular weight excluding hydrogens is 582 g/mol. The van der Waals surface area contributed by atoms with Crippen molar-refractivity contribution >= 4 is 29.1 Å². The van der Waals surface area contributed by atoms with Gasteiger partial charge in [-0.3, -0.25) is 9.69 Å². The number of thiazole rings is 1. The second kappa shape index (κ2) is 18.9. The highest BCUT2D eigenvalue weighted by atomic mass is 32.1. The van der Waals surface area contributed by atoms with E-state index in [4.69, 9.17) is 4.74 Å². The van der Waals surface area contributed by atoms with Gasteiger partial charge >= 0.3 is 0 Å². The van der Waals surface area contributed by atoms with Crippen molar-refractivity contribution in [1.29, 1.82) is 0 Å². The Balaban J connectivity index is 0.000000318. The Morgan fingerprint density at radius 1 is 1.11 bits per heavy atom. The van der Waals surface area contributed by atoms with Crippen molar-refractivity contribution in [2.75, 3.05) is 60.5 Å². The fourth-order valence-electron chi connectivity index (χ4n) is 4.93. The highest BCUT2D eigenvalue weighted by Gasteiger charge is 2.39. The molecule has 1 amide bonds. The molecule has 8 nitrogen and oxygen atoms in total. The van der Waals surface area contributed by atoms with Crippen LogP contribution in [0.25, 0.3) is 5.57 Å². The van der Waals surface area contributed by atoms with Crippen molar-refractivity contribution in [2.45, 2.75) is 33.6 Å². The Kier molecular flexibility index (Phi) is 15.7. The van der Waals surface area contributed by atoms with E-state index < -0.39 is 5.41 Å². The molecule has 0 bridgehead atoms. The number of nitrogens with zero attached hydrogens (tertiary/aromatic N) is 3. The van der Waals surface area contributed by atoms with Crippen LogP contribution in [0, 0.1) is 5.41 Å². The van der Waals surface area contributed by atoms with E-state index in [9.17, 15) is 9.59 Å². The third-order valence-electron chi connectivity index (χ3n) is 7.79. The Morgan fingerprint density at radius 2 is 1.87 bits per heavy atom. The molecule has 0 radical (unpaired) electrons. The standard InChI is InChI=1S/C19H28N2.C17H23N3O3S/c1-9-18(12-10-14(2)3)16(5)17(6)19(21-8)13-11-15(4)20-7;1-23-13-17(12-21)4-8-19(11-17)10-15(22)20-6-2-14(3-7-20)16-18-5-9-24-16/h9-13,20-21H,1,5-6H2,2-4,7-8H3;2,5,9,12H,3-4,6-8,10-11,13H2,1H3/b15-11+,18-12+,19-13+;. The number of aromatic nitrogens is 1. The van der Waals surface area contributed by atoms with Crippen LogP contribution in [0.2, 0.25) is 0 Å². The van der Waals surface area contributed by atoms with E-state index in [0.717, 1.165) is 65.3 Å². The number of rotatable bonds is 14. The molecule has 2 N–H and O–H groups in total. The van der Waals surface area contributed by atoms with Gasteiger partial charge < -0.3 is 25.1 Å². The number of amides is 1. The van der Waals surface area contributed by atoms with Crippen molar-refractivity contribution < 1.29 is 14.3 Å². The van der Waals surface area contributed by atoms with Gasteiger partial charge in [0, 0.05) is 63.8 Å². The minimum Gasteiger partial charge on any atom is -0.392 e. The highest BCUT2D eigenvalue weighted by molar-refractivity contribution is 7.10. The van der Waals surface area contributed by atoms with Crippen LogP contribution >= 0.6 is 11.3 Å². The van der Waals surface area contributed by atoms with Crippen molar-refractivity contribution in [2.24, 2.45) is 5.41 Å². The van der Waals surface area contributed by atoms with E-state index in [0.29, 0.717) is 26.2 Å². The van der Waals surface area contributed by atoms with Gasteiger partial charge in [-0.05, 0) is 74.6 Å². The molecule has 2 aliphatic heterocycles. The van der Waals surface area contributed by atoms with Gasteiger partial charge in [0.2, 0.25) is 5.91 Å². The van der Waals surface area contributed by atoms with Gasteiger partial charge in [-0.25, -0.2) is 4.98 Å². The summed E-state index contributed by atoms with van der Waals surface area (Å²) in [5, 5.41) is 9.26. The molecular formula is C36H51N5O3S. The lowest BCUT2D eigenvalue weighted by atomic mass is 9.90. The van der Waals surface area contributed by atoms with Gasteiger partial charge in [0.1, 0.15) is 11.3 Å². The molecule has 244 valence electrons. The third kappa shape index (κ3) is 11.6. The number of hydrogen-bond acceptors (Lipinski definition) is 8. The molecule has 1 unspecified atom stereocenters. The van der Waals surface area contributed by atoms with E-state index >= 15 is 0 Å². The zero-order valence-electron chi connectivity index (χ0n) is 27.9. The Bertz CT molecular complexity index is 1350. The molecule has 0 aliphatic carbocycles. The number of hydrogen-bond donors (Lipinski definition) is 2. The summed E-state index contributed by atoms with van der Waals surface area (Å²) in [4.78, 5) is 32.2. The zero-order chi connectivity index (χ0) is 33.4. The number of ether oxygens (including phenoxy) is 1. The molecule has 1 fully saturated rings. The first-order valence-electron chi connectivity index (χ1n) is 15.2. The van der Waals surface area contributed by atoms with Crippen LogP contribution < -0.4 is 10.6 Å². The number of aldehydes is 1. The SMILES string of the molecule is C=C/C(=C\C=C(C)C)C(=C)C(=C)/C(=C\C=C(/C)NC)NC.COCC1(C=O)CCN(CC(=O)N2CC=C(c3nccs3)CC2)C1. The van der Waals surface area contributed by atoms with Crippen molar-refractivity contribution in [3.63, 3.8) is 0 Å². The molecule has 3 rings (SSSR count). The summed E-state index contributed by atoms with van der Waals surface area (Å²) in [6.45, 7) is 21.8. The molecule has 0 aromatic carbocycles. The van der Waals surface area contributed by atoms with Crippen LogP contribution in [-0.2, 0) is 14.3 Å². The summed E-state index contributed by atoms with van der Waals surface area (Å²) < 4.78 is 5.17. The number of carbonyl (C=O) groups is 2. The molecule has 1 saturated heterocycles. The van der Waals surface area contributed by atoms with Crippen molar-refractivity contribution in [3.8, 4) is 0 Å². The molecule has 9 heteroatoms. The number of likely N-dealkylation sites (N-methyl/N-ethyl adjacent to an activating group) is 1. The van der Waals surface area contributed by atoms with Gasteiger partial charge in [0.15, 0.2) is 0 Å². The average Bonchev–Trinajstić information content (AvgIpc) is 3.73. The summed E-state index contributed by atoms with van der Waals surface area (Å²) in [6, 6.07) is 0. The summed E-state index contributed by atoms with van der Waals surface area (Å²) in [5.74, 6) is 0.128. The summed E-state index contributed by atoms with van der Waals surface area (Å²) >= 11 is 1.64.